The summed E-state index contributed by atoms with van der Waals surface area (Å²) in [7, 11) is 0. The number of rotatable bonds is 5. The maximum Gasteiger partial charge on any atom is 0.255 e. The van der Waals surface area contributed by atoms with Gasteiger partial charge >= 0.3 is 0 Å². The van der Waals surface area contributed by atoms with Gasteiger partial charge < -0.3 is 16.0 Å². The zero-order valence-corrected chi connectivity index (χ0v) is 15.6. The minimum absolute atomic E-state index is 0.0886. The lowest BCUT2D eigenvalue weighted by atomic mass is 10.1. The number of para-hydroxylation sites is 1. The summed E-state index contributed by atoms with van der Waals surface area (Å²) in [4.78, 5) is 37.7. The number of amides is 3. The van der Waals surface area contributed by atoms with Crippen LogP contribution in [0.1, 0.15) is 27.6 Å². The van der Waals surface area contributed by atoms with Gasteiger partial charge in [0.1, 0.15) is 0 Å². The van der Waals surface area contributed by atoms with Crippen LogP contribution in [0.4, 0.5) is 11.4 Å². The molecule has 0 aliphatic carbocycles. The Morgan fingerprint density at radius 1 is 1.22 bits per heavy atom. The summed E-state index contributed by atoms with van der Waals surface area (Å²) >= 11 is 1.45. The van der Waals surface area contributed by atoms with E-state index in [0.717, 1.165) is 4.90 Å². The molecule has 3 amide bonds. The van der Waals surface area contributed by atoms with E-state index in [-0.39, 0.29) is 23.0 Å². The number of nitrogens with one attached hydrogen (secondary N) is 3. The summed E-state index contributed by atoms with van der Waals surface area (Å²) in [6, 6.07) is 11.9. The topological polar surface area (TPSA) is 87.3 Å². The molecule has 3 N–H and O–H groups in total. The van der Waals surface area contributed by atoms with Gasteiger partial charge in [-0.2, -0.15) is 0 Å². The van der Waals surface area contributed by atoms with Crippen molar-refractivity contribution >= 4 is 40.9 Å². The molecule has 27 heavy (non-hydrogen) atoms. The van der Waals surface area contributed by atoms with Crippen molar-refractivity contribution < 1.29 is 14.4 Å². The summed E-state index contributed by atoms with van der Waals surface area (Å²) in [5, 5.41) is 8.10. The van der Waals surface area contributed by atoms with Gasteiger partial charge in [0.15, 0.2) is 0 Å². The Morgan fingerprint density at radius 2 is 2.00 bits per heavy atom. The fraction of sp³-hybridized carbons (Fsp3) is 0.150. The Balaban J connectivity index is 1.81. The molecule has 0 fully saturated rings. The van der Waals surface area contributed by atoms with Gasteiger partial charge in [-0.05, 0) is 37.3 Å². The van der Waals surface area contributed by atoms with Gasteiger partial charge in [0.2, 0.25) is 5.91 Å². The van der Waals surface area contributed by atoms with Crippen molar-refractivity contribution in [3.8, 4) is 0 Å². The Bertz CT molecular complexity index is 926. The number of benzene rings is 2. The van der Waals surface area contributed by atoms with Crippen LogP contribution < -0.4 is 16.0 Å². The van der Waals surface area contributed by atoms with Crippen molar-refractivity contribution in [3.05, 3.63) is 66.2 Å². The molecule has 1 unspecified atom stereocenters. The molecule has 138 valence electrons. The number of carbonyl (C=O) groups excluding carboxylic acids is 3. The monoisotopic (exact) mass is 381 g/mol. The third kappa shape index (κ3) is 4.20. The van der Waals surface area contributed by atoms with E-state index in [1.165, 1.54) is 11.8 Å². The largest absolute Gasteiger partial charge is 0.349 e. The third-order valence-corrected chi connectivity index (χ3v) is 5.18. The molecule has 1 aliphatic rings. The van der Waals surface area contributed by atoms with Gasteiger partial charge in [-0.3, -0.25) is 14.4 Å². The minimum atomic E-state index is -0.361. The lowest BCUT2D eigenvalue weighted by molar-refractivity contribution is -0.115. The van der Waals surface area contributed by atoms with E-state index < -0.39 is 0 Å². The Labute approximate surface area is 161 Å². The normalized spacial score (nSPS) is 15.3. The molecule has 0 radical (unpaired) electrons. The number of thioether (sulfide) groups is 1. The second kappa shape index (κ2) is 8.09. The van der Waals surface area contributed by atoms with Crippen molar-refractivity contribution in [2.75, 3.05) is 17.2 Å². The number of anilines is 2. The standard InChI is InChI=1S/C20H19N3O3S/c1-3-10-21-20(26)14-6-4-5-7-15(14)22-19(25)13-8-9-17-16(11-13)23-18(24)12(2)27-17/h3-9,11-12H,1,10H2,2H3,(H,21,26)(H,22,25)(H,23,24). The van der Waals surface area contributed by atoms with Gasteiger partial charge in [-0.1, -0.05) is 18.2 Å². The Hall–Kier alpha value is -3.06. The van der Waals surface area contributed by atoms with E-state index in [1.807, 2.05) is 13.0 Å². The van der Waals surface area contributed by atoms with E-state index in [9.17, 15) is 14.4 Å². The molecule has 2 aromatic carbocycles. The quantitative estimate of drug-likeness (QED) is 0.694. The molecule has 2 aromatic rings. The molecular weight excluding hydrogens is 362 g/mol. The minimum Gasteiger partial charge on any atom is -0.349 e. The molecule has 3 rings (SSSR count). The molecule has 1 heterocycles. The average molecular weight is 381 g/mol. The lowest BCUT2D eigenvalue weighted by Gasteiger charge is -2.21. The summed E-state index contributed by atoms with van der Waals surface area (Å²) in [5.41, 5.74) is 1.79. The highest BCUT2D eigenvalue weighted by Crippen LogP contribution is 2.36. The number of hydrogen-bond acceptors (Lipinski definition) is 4. The smallest absolute Gasteiger partial charge is 0.255 e. The molecule has 7 heteroatoms. The Kier molecular flexibility index (Phi) is 5.61. The van der Waals surface area contributed by atoms with E-state index in [2.05, 4.69) is 22.5 Å². The van der Waals surface area contributed by atoms with Crippen LogP contribution in [-0.4, -0.2) is 29.5 Å². The maximum absolute atomic E-state index is 12.7. The van der Waals surface area contributed by atoms with Gasteiger partial charge in [-0.15, -0.1) is 18.3 Å². The highest BCUT2D eigenvalue weighted by atomic mass is 32.2. The first-order chi connectivity index (χ1) is 13.0. The van der Waals surface area contributed by atoms with Crippen LogP contribution in [0.15, 0.2) is 60.0 Å². The molecule has 6 nitrogen and oxygen atoms in total. The van der Waals surface area contributed by atoms with E-state index >= 15 is 0 Å². The molecule has 0 aromatic heterocycles. The zero-order valence-electron chi connectivity index (χ0n) is 14.7. The van der Waals surface area contributed by atoms with Gasteiger partial charge in [-0.25, -0.2) is 0 Å². The highest BCUT2D eigenvalue weighted by Gasteiger charge is 2.24. The van der Waals surface area contributed by atoms with Gasteiger partial charge in [0.05, 0.1) is 22.2 Å². The van der Waals surface area contributed by atoms with Crippen molar-refractivity contribution in [2.45, 2.75) is 17.1 Å². The summed E-state index contributed by atoms with van der Waals surface area (Å²) in [6.45, 7) is 5.73. The van der Waals surface area contributed by atoms with Crippen molar-refractivity contribution in [1.29, 1.82) is 0 Å². The number of fused-ring (bicyclic) bond motifs is 1. The van der Waals surface area contributed by atoms with E-state index in [0.29, 0.717) is 29.0 Å². The van der Waals surface area contributed by atoms with Crippen LogP contribution in [0, 0.1) is 0 Å². The highest BCUT2D eigenvalue weighted by molar-refractivity contribution is 8.00. The number of carbonyl (C=O) groups is 3. The van der Waals surface area contributed by atoms with Crippen LogP contribution in [0.5, 0.6) is 0 Å². The maximum atomic E-state index is 12.7. The van der Waals surface area contributed by atoms with Crippen LogP contribution >= 0.6 is 11.8 Å². The molecule has 0 bridgehead atoms. The molecule has 0 spiro atoms. The van der Waals surface area contributed by atoms with Crippen LogP contribution in [0.2, 0.25) is 0 Å². The summed E-state index contributed by atoms with van der Waals surface area (Å²) < 4.78 is 0. The fourth-order valence-corrected chi connectivity index (χ4v) is 3.53. The third-order valence-electron chi connectivity index (χ3n) is 4.00. The van der Waals surface area contributed by atoms with Crippen molar-refractivity contribution in [3.63, 3.8) is 0 Å². The number of hydrogen-bond donors (Lipinski definition) is 3. The lowest BCUT2D eigenvalue weighted by Crippen LogP contribution is -2.27. The second-order valence-electron chi connectivity index (χ2n) is 5.96. The van der Waals surface area contributed by atoms with Gasteiger partial charge in [0, 0.05) is 17.0 Å². The molecular formula is C20H19N3O3S. The summed E-state index contributed by atoms with van der Waals surface area (Å²) in [5.74, 6) is -0.747. The predicted molar refractivity (Wildman–Crippen MR) is 107 cm³/mol. The predicted octanol–water partition coefficient (Wildman–Crippen LogP) is 3.29. The van der Waals surface area contributed by atoms with Crippen LogP contribution in [-0.2, 0) is 4.79 Å². The van der Waals surface area contributed by atoms with Crippen molar-refractivity contribution in [2.24, 2.45) is 0 Å². The first-order valence-corrected chi connectivity index (χ1v) is 9.28. The Morgan fingerprint density at radius 3 is 2.78 bits per heavy atom. The van der Waals surface area contributed by atoms with E-state index in [4.69, 9.17) is 0 Å². The molecule has 0 saturated heterocycles. The van der Waals surface area contributed by atoms with Gasteiger partial charge in [0.25, 0.3) is 11.8 Å². The fourth-order valence-electron chi connectivity index (χ4n) is 2.59. The van der Waals surface area contributed by atoms with Crippen molar-refractivity contribution in [1.82, 2.24) is 5.32 Å². The summed E-state index contributed by atoms with van der Waals surface area (Å²) in [6.07, 6.45) is 1.58. The average Bonchev–Trinajstić information content (AvgIpc) is 2.67. The molecule has 0 saturated carbocycles. The molecule has 1 aliphatic heterocycles. The second-order valence-corrected chi connectivity index (χ2v) is 7.34. The zero-order chi connectivity index (χ0) is 19.4. The SMILES string of the molecule is C=CCNC(=O)c1ccccc1NC(=O)c1ccc2c(c1)NC(=O)C(C)S2. The van der Waals surface area contributed by atoms with E-state index in [1.54, 1.807) is 42.5 Å². The first kappa shape index (κ1) is 18.7. The van der Waals surface area contributed by atoms with Crippen LogP contribution in [0.25, 0.3) is 0 Å². The first-order valence-electron chi connectivity index (χ1n) is 8.40. The molecule has 1 atom stereocenters. The van der Waals surface area contributed by atoms with Crippen LogP contribution in [0.3, 0.4) is 0 Å².